The lowest BCUT2D eigenvalue weighted by Crippen LogP contribution is -2.49. The second-order valence-electron chi connectivity index (χ2n) is 9.81. The highest BCUT2D eigenvalue weighted by Gasteiger charge is 2.52. The summed E-state index contributed by atoms with van der Waals surface area (Å²) in [4.78, 5) is 26.4. The number of imide groups is 1. The predicted molar refractivity (Wildman–Crippen MR) is 112 cm³/mol. The topological polar surface area (TPSA) is 78.9 Å². The van der Waals surface area contributed by atoms with Crippen molar-refractivity contribution < 1.29 is 19.4 Å². The third-order valence-corrected chi connectivity index (χ3v) is 6.24. The lowest BCUT2D eigenvalue weighted by molar-refractivity contribution is -0.133. The zero-order valence-corrected chi connectivity index (χ0v) is 18.2. The van der Waals surface area contributed by atoms with Gasteiger partial charge in [-0.1, -0.05) is 39.8 Å². The molecule has 6 heteroatoms. The van der Waals surface area contributed by atoms with Crippen molar-refractivity contribution in [1.29, 1.82) is 0 Å². The molecule has 1 aromatic carbocycles. The molecule has 1 aromatic rings. The van der Waals surface area contributed by atoms with Gasteiger partial charge in [-0.2, -0.15) is 0 Å². The molecule has 160 valence electrons. The van der Waals surface area contributed by atoms with Crippen molar-refractivity contribution in [1.82, 2.24) is 10.2 Å². The lowest BCUT2D eigenvalue weighted by atomic mass is 9.77. The van der Waals surface area contributed by atoms with Crippen LogP contribution in [-0.2, 0) is 10.2 Å². The van der Waals surface area contributed by atoms with Crippen LogP contribution in [-0.4, -0.2) is 46.7 Å². The molecule has 0 bridgehead atoms. The van der Waals surface area contributed by atoms with Gasteiger partial charge in [0.05, 0.1) is 6.54 Å². The number of nitrogens with one attached hydrogen (secondary N) is 1. The number of aliphatic hydroxyl groups excluding tert-OH is 1. The molecule has 1 unspecified atom stereocenters. The zero-order valence-electron chi connectivity index (χ0n) is 18.2. The molecule has 1 saturated carbocycles. The van der Waals surface area contributed by atoms with Gasteiger partial charge in [0, 0.05) is 0 Å². The van der Waals surface area contributed by atoms with E-state index in [0.717, 1.165) is 23.3 Å². The fourth-order valence-corrected chi connectivity index (χ4v) is 4.16. The molecule has 1 atom stereocenters. The molecule has 29 heavy (non-hydrogen) atoms. The number of hydrogen-bond acceptors (Lipinski definition) is 4. The van der Waals surface area contributed by atoms with Crippen LogP contribution in [0.2, 0.25) is 0 Å². The maximum Gasteiger partial charge on any atom is 0.325 e. The van der Waals surface area contributed by atoms with Crippen molar-refractivity contribution in [2.24, 2.45) is 5.92 Å². The first-order valence-corrected chi connectivity index (χ1v) is 10.6. The molecule has 1 aliphatic heterocycles. The first kappa shape index (κ1) is 21.6. The maximum atomic E-state index is 12.9. The smallest absolute Gasteiger partial charge is 0.325 e. The molecule has 1 spiro atoms. The molecule has 2 fully saturated rings. The van der Waals surface area contributed by atoms with E-state index in [-0.39, 0.29) is 24.5 Å². The summed E-state index contributed by atoms with van der Waals surface area (Å²) in [6, 6.07) is 5.62. The van der Waals surface area contributed by atoms with Crippen LogP contribution in [0.25, 0.3) is 0 Å². The highest BCUT2D eigenvalue weighted by Crippen LogP contribution is 2.36. The Bertz CT molecular complexity index is 776. The SMILES string of the molecule is Cc1cc(C(C)(C)C)ccc1OCC(O)CN1C(=O)NC2(CCC(C)CC2)C1=O. The summed E-state index contributed by atoms with van der Waals surface area (Å²) in [5.74, 6) is 1.07. The number of carbonyl (C=O) groups excluding carboxylic acids is 2. The Hall–Kier alpha value is -2.08. The third-order valence-electron chi connectivity index (χ3n) is 6.24. The van der Waals surface area contributed by atoms with E-state index in [0.29, 0.717) is 24.5 Å². The fourth-order valence-electron chi connectivity index (χ4n) is 4.16. The summed E-state index contributed by atoms with van der Waals surface area (Å²) >= 11 is 0. The largest absolute Gasteiger partial charge is 0.491 e. The van der Waals surface area contributed by atoms with Crippen molar-refractivity contribution in [3.05, 3.63) is 29.3 Å². The molecule has 1 saturated heterocycles. The summed E-state index contributed by atoms with van der Waals surface area (Å²) in [6.07, 6.45) is 2.25. The van der Waals surface area contributed by atoms with Crippen LogP contribution < -0.4 is 10.1 Å². The van der Waals surface area contributed by atoms with Gasteiger partial charge in [-0.25, -0.2) is 4.79 Å². The van der Waals surface area contributed by atoms with Gasteiger partial charge >= 0.3 is 6.03 Å². The van der Waals surface area contributed by atoms with Crippen LogP contribution in [0.3, 0.4) is 0 Å². The minimum atomic E-state index is -0.941. The molecule has 6 nitrogen and oxygen atoms in total. The van der Waals surface area contributed by atoms with E-state index in [1.165, 1.54) is 5.56 Å². The number of benzene rings is 1. The second-order valence-corrected chi connectivity index (χ2v) is 9.81. The minimum absolute atomic E-state index is 0.0246. The van der Waals surface area contributed by atoms with E-state index >= 15 is 0 Å². The Morgan fingerprint density at radius 3 is 2.52 bits per heavy atom. The van der Waals surface area contributed by atoms with E-state index in [2.05, 4.69) is 39.1 Å². The predicted octanol–water partition coefficient (Wildman–Crippen LogP) is 3.53. The molecule has 0 radical (unpaired) electrons. The maximum absolute atomic E-state index is 12.9. The number of aryl methyl sites for hydroxylation is 1. The Balaban J connectivity index is 1.58. The van der Waals surface area contributed by atoms with Gasteiger partial charge in [-0.3, -0.25) is 9.69 Å². The van der Waals surface area contributed by atoms with Crippen molar-refractivity contribution >= 4 is 11.9 Å². The van der Waals surface area contributed by atoms with Crippen molar-refractivity contribution in [2.45, 2.75) is 77.4 Å². The van der Waals surface area contributed by atoms with E-state index < -0.39 is 17.7 Å². The van der Waals surface area contributed by atoms with Crippen LogP contribution in [0.4, 0.5) is 4.79 Å². The quantitative estimate of drug-likeness (QED) is 0.739. The van der Waals surface area contributed by atoms with E-state index in [1.807, 2.05) is 19.1 Å². The average Bonchev–Trinajstić information content (AvgIpc) is 2.87. The minimum Gasteiger partial charge on any atom is -0.491 e. The highest BCUT2D eigenvalue weighted by atomic mass is 16.5. The summed E-state index contributed by atoms with van der Waals surface area (Å²) in [5.41, 5.74) is 1.49. The van der Waals surface area contributed by atoms with Gasteiger partial charge in [-0.15, -0.1) is 0 Å². The van der Waals surface area contributed by atoms with Crippen molar-refractivity contribution in [3.8, 4) is 5.75 Å². The van der Waals surface area contributed by atoms with Gasteiger partial charge in [0.2, 0.25) is 0 Å². The summed E-state index contributed by atoms with van der Waals surface area (Å²) in [5, 5.41) is 13.3. The number of carbonyl (C=O) groups is 2. The number of nitrogens with zero attached hydrogens (tertiary/aromatic N) is 1. The average molecular weight is 403 g/mol. The molecule has 3 rings (SSSR count). The summed E-state index contributed by atoms with van der Waals surface area (Å²) in [7, 11) is 0. The monoisotopic (exact) mass is 402 g/mol. The van der Waals surface area contributed by atoms with Crippen molar-refractivity contribution in [2.75, 3.05) is 13.2 Å². The first-order valence-electron chi connectivity index (χ1n) is 10.6. The third kappa shape index (κ3) is 4.58. The highest BCUT2D eigenvalue weighted by molar-refractivity contribution is 6.07. The zero-order chi connectivity index (χ0) is 21.4. The Morgan fingerprint density at radius 2 is 1.93 bits per heavy atom. The number of hydrogen-bond donors (Lipinski definition) is 2. The van der Waals surface area contributed by atoms with Gasteiger partial charge < -0.3 is 15.2 Å². The normalized spacial score (nSPS) is 26.0. The Morgan fingerprint density at radius 1 is 1.28 bits per heavy atom. The standard InChI is InChI=1S/C23H34N2O4/c1-15-8-10-23(11-9-15)20(27)25(21(28)24-23)13-18(26)14-29-19-7-6-17(12-16(19)2)22(3,4)5/h6-7,12,15,18,26H,8-11,13-14H2,1-5H3,(H,24,28). The lowest BCUT2D eigenvalue weighted by Gasteiger charge is -2.33. The van der Waals surface area contributed by atoms with Crippen LogP contribution in [0, 0.1) is 12.8 Å². The van der Waals surface area contributed by atoms with E-state index in [1.54, 1.807) is 0 Å². The molecule has 2 aliphatic rings. The number of amides is 3. The number of aliphatic hydroxyl groups is 1. The molecule has 1 heterocycles. The van der Waals surface area contributed by atoms with Gasteiger partial charge in [0.1, 0.15) is 24.0 Å². The van der Waals surface area contributed by atoms with Crippen LogP contribution >= 0.6 is 0 Å². The Labute approximate surface area is 173 Å². The first-order chi connectivity index (χ1) is 13.5. The summed E-state index contributed by atoms with van der Waals surface area (Å²) in [6.45, 7) is 10.6. The molecular weight excluding hydrogens is 368 g/mol. The number of ether oxygens (including phenoxy) is 1. The number of rotatable bonds is 5. The van der Waals surface area contributed by atoms with Crippen LogP contribution in [0.1, 0.15) is 64.5 Å². The van der Waals surface area contributed by atoms with Gasteiger partial charge in [-0.05, 0) is 61.1 Å². The molecule has 2 N–H and O–H groups in total. The van der Waals surface area contributed by atoms with Crippen LogP contribution in [0.5, 0.6) is 5.75 Å². The van der Waals surface area contributed by atoms with Crippen molar-refractivity contribution in [3.63, 3.8) is 0 Å². The second kappa shape index (κ2) is 7.98. The van der Waals surface area contributed by atoms with Crippen LogP contribution in [0.15, 0.2) is 18.2 Å². The fraction of sp³-hybridized carbons (Fsp3) is 0.652. The molecule has 0 aromatic heterocycles. The van der Waals surface area contributed by atoms with Gasteiger partial charge in [0.15, 0.2) is 0 Å². The molecule has 1 aliphatic carbocycles. The van der Waals surface area contributed by atoms with E-state index in [4.69, 9.17) is 4.74 Å². The number of β-amino-alcohol motifs (C(OH)–C–C–N with tert-alkyl or cyclic N) is 1. The number of urea groups is 1. The Kier molecular flexibility index (Phi) is 5.95. The van der Waals surface area contributed by atoms with Gasteiger partial charge in [0.25, 0.3) is 5.91 Å². The molecular formula is C23H34N2O4. The molecule has 3 amide bonds. The van der Waals surface area contributed by atoms with E-state index in [9.17, 15) is 14.7 Å². The summed E-state index contributed by atoms with van der Waals surface area (Å²) < 4.78 is 5.78.